The molecule has 8 heteroatoms. The number of hydrogen-bond acceptors (Lipinski definition) is 4. The lowest BCUT2D eigenvalue weighted by atomic mass is 9.98. The molecule has 7 nitrogen and oxygen atoms in total. The molecule has 4 amide bonds. The smallest absolute Gasteiger partial charge is 0.321 e. The Balaban J connectivity index is 1.59. The van der Waals surface area contributed by atoms with Gasteiger partial charge in [0.25, 0.3) is 0 Å². The van der Waals surface area contributed by atoms with Gasteiger partial charge in [-0.05, 0) is 55.5 Å². The van der Waals surface area contributed by atoms with E-state index in [-0.39, 0.29) is 17.8 Å². The van der Waals surface area contributed by atoms with Gasteiger partial charge in [0.2, 0.25) is 11.8 Å². The molecule has 33 heavy (non-hydrogen) atoms. The largest absolute Gasteiger partial charge is 0.344 e. The molecule has 3 rings (SSSR count). The van der Waals surface area contributed by atoms with Crippen LogP contribution in [0.25, 0.3) is 0 Å². The van der Waals surface area contributed by atoms with Crippen LogP contribution < -0.4 is 10.6 Å². The van der Waals surface area contributed by atoms with Crippen molar-refractivity contribution in [2.45, 2.75) is 38.1 Å². The first kappa shape index (κ1) is 24.6. The lowest BCUT2D eigenvalue weighted by Crippen LogP contribution is -2.56. The average Bonchev–Trinajstić information content (AvgIpc) is 2.80. The minimum atomic E-state index is -0.627. The summed E-state index contributed by atoms with van der Waals surface area (Å²) >= 11 is 1.65. The van der Waals surface area contributed by atoms with E-state index >= 15 is 0 Å². The van der Waals surface area contributed by atoms with Crippen LogP contribution in [0.3, 0.4) is 0 Å². The molecule has 1 atom stereocenters. The second-order valence-corrected chi connectivity index (χ2v) is 9.24. The molecule has 176 valence electrons. The zero-order valence-electron chi connectivity index (χ0n) is 19.7. The number of aryl methyl sites for hydroxylation is 2. The second-order valence-electron chi connectivity index (χ2n) is 8.36. The Hall–Kier alpha value is -3.00. The number of piperazine rings is 1. The van der Waals surface area contributed by atoms with Crippen LogP contribution in [0.1, 0.15) is 23.6 Å². The number of carbonyl (C=O) groups excluding carboxylic acids is 3. The van der Waals surface area contributed by atoms with Gasteiger partial charge in [0.05, 0.1) is 0 Å². The molecular formula is C25H32N4O3S. The highest BCUT2D eigenvalue weighted by Crippen LogP contribution is 2.18. The van der Waals surface area contributed by atoms with Gasteiger partial charge >= 0.3 is 6.03 Å². The number of hydrogen-bond donors (Lipinski definition) is 2. The molecule has 1 unspecified atom stereocenters. The molecule has 2 aromatic rings. The third-order valence-corrected chi connectivity index (χ3v) is 6.57. The van der Waals surface area contributed by atoms with Crippen molar-refractivity contribution in [2.24, 2.45) is 0 Å². The fourth-order valence-electron chi connectivity index (χ4n) is 3.91. The van der Waals surface area contributed by atoms with Crippen molar-refractivity contribution < 1.29 is 14.4 Å². The summed E-state index contributed by atoms with van der Waals surface area (Å²) in [5.74, 6) is -0.344. The number of anilines is 1. The number of carbonyl (C=O) groups is 3. The minimum absolute atomic E-state index is 0.112. The highest BCUT2D eigenvalue weighted by Gasteiger charge is 2.30. The Morgan fingerprint density at radius 3 is 2.21 bits per heavy atom. The van der Waals surface area contributed by atoms with Gasteiger partial charge in [0, 0.05) is 50.1 Å². The number of urea groups is 1. The van der Waals surface area contributed by atoms with E-state index in [9.17, 15) is 14.4 Å². The van der Waals surface area contributed by atoms with Crippen molar-refractivity contribution in [2.75, 3.05) is 37.8 Å². The summed E-state index contributed by atoms with van der Waals surface area (Å²) in [7, 11) is 0. The number of thioether (sulfide) groups is 1. The number of amides is 4. The van der Waals surface area contributed by atoms with E-state index < -0.39 is 6.04 Å². The van der Waals surface area contributed by atoms with Gasteiger partial charge in [0.1, 0.15) is 6.04 Å². The van der Waals surface area contributed by atoms with Crippen molar-refractivity contribution >= 4 is 35.3 Å². The first-order chi connectivity index (χ1) is 15.8. The molecule has 0 spiro atoms. The lowest BCUT2D eigenvalue weighted by Gasteiger charge is -2.36. The van der Waals surface area contributed by atoms with E-state index in [0.29, 0.717) is 32.6 Å². The van der Waals surface area contributed by atoms with Crippen molar-refractivity contribution in [3.63, 3.8) is 0 Å². The maximum atomic E-state index is 13.3. The van der Waals surface area contributed by atoms with Crippen LogP contribution in [0.5, 0.6) is 0 Å². The molecule has 1 saturated heterocycles. The van der Waals surface area contributed by atoms with Gasteiger partial charge in [0.15, 0.2) is 0 Å². The third-order valence-electron chi connectivity index (χ3n) is 5.82. The topological polar surface area (TPSA) is 81.8 Å². The summed E-state index contributed by atoms with van der Waals surface area (Å²) < 4.78 is 0. The predicted octanol–water partition coefficient (Wildman–Crippen LogP) is 3.45. The number of benzene rings is 2. The number of nitrogens with zero attached hydrogens (tertiary/aromatic N) is 2. The SMILES string of the molecule is CSc1ccc(NC(=O)N2CCN(C(=O)C(Cc3cc(C)ccc3C)NC(C)=O)CC2)cc1. The molecule has 0 bridgehead atoms. The van der Waals surface area contributed by atoms with Gasteiger partial charge in [-0.3, -0.25) is 9.59 Å². The molecule has 0 saturated carbocycles. The van der Waals surface area contributed by atoms with Crippen molar-refractivity contribution in [3.05, 3.63) is 59.2 Å². The normalized spacial score (nSPS) is 14.5. The standard InChI is InChI=1S/C25H32N4O3S/c1-17-5-6-18(2)20(15-17)16-23(26-19(3)30)24(31)28-11-13-29(14-12-28)25(32)27-21-7-9-22(33-4)10-8-21/h5-10,15,23H,11-14,16H2,1-4H3,(H,26,30)(H,27,32). The van der Waals surface area contributed by atoms with E-state index in [2.05, 4.69) is 16.7 Å². The second kappa shape index (κ2) is 11.2. The summed E-state index contributed by atoms with van der Waals surface area (Å²) in [6.07, 6.45) is 2.45. The molecule has 0 aliphatic carbocycles. The molecule has 0 radical (unpaired) electrons. The van der Waals surface area contributed by atoms with Crippen molar-refractivity contribution in [1.29, 1.82) is 0 Å². The van der Waals surface area contributed by atoms with Gasteiger partial charge in [-0.2, -0.15) is 0 Å². The summed E-state index contributed by atoms with van der Waals surface area (Å²) in [6, 6.07) is 13.0. The quantitative estimate of drug-likeness (QED) is 0.637. The maximum Gasteiger partial charge on any atom is 0.321 e. The van der Waals surface area contributed by atoms with Crippen LogP contribution in [-0.2, 0) is 16.0 Å². The average molecular weight is 469 g/mol. The zero-order valence-corrected chi connectivity index (χ0v) is 20.5. The zero-order chi connectivity index (χ0) is 24.0. The van der Waals surface area contributed by atoms with Crippen LogP contribution in [0, 0.1) is 13.8 Å². The molecule has 1 fully saturated rings. The van der Waals surface area contributed by atoms with Crippen molar-refractivity contribution in [1.82, 2.24) is 15.1 Å². The molecule has 2 aromatic carbocycles. The lowest BCUT2D eigenvalue weighted by molar-refractivity contribution is -0.137. The van der Waals surface area contributed by atoms with E-state index in [1.165, 1.54) is 6.92 Å². The van der Waals surface area contributed by atoms with E-state index in [1.807, 2.05) is 56.5 Å². The Morgan fingerprint density at radius 1 is 0.970 bits per heavy atom. The fourth-order valence-corrected chi connectivity index (χ4v) is 4.32. The van der Waals surface area contributed by atoms with E-state index in [4.69, 9.17) is 0 Å². The monoisotopic (exact) mass is 468 g/mol. The maximum absolute atomic E-state index is 13.3. The summed E-state index contributed by atoms with van der Waals surface area (Å²) in [4.78, 5) is 42.3. The summed E-state index contributed by atoms with van der Waals surface area (Å²) in [6.45, 7) is 7.20. The van der Waals surface area contributed by atoms with E-state index in [1.54, 1.807) is 21.6 Å². The summed E-state index contributed by atoms with van der Waals surface area (Å²) in [5.41, 5.74) is 4.01. The molecule has 0 aromatic heterocycles. The van der Waals surface area contributed by atoms with E-state index in [0.717, 1.165) is 27.3 Å². The number of rotatable bonds is 6. The van der Waals surface area contributed by atoms with Gasteiger partial charge in [-0.1, -0.05) is 23.8 Å². The van der Waals surface area contributed by atoms with Crippen LogP contribution in [0.2, 0.25) is 0 Å². The molecular weight excluding hydrogens is 436 g/mol. The first-order valence-corrected chi connectivity index (χ1v) is 12.3. The van der Waals surface area contributed by atoms with Crippen LogP contribution in [-0.4, -0.2) is 66.1 Å². The Kier molecular flexibility index (Phi) is 8.38. The highest BCUT2D eigenvalue weighted by molar-refractivity contribution is 7.98. The van der Waals surface area contributed by atoms with Gasteiger partial charge in [-0.25, -0.2) is 4.79 Å². The molecule has 2 N–H and O–H groups in total. The molecule has 1 heterocycles. The van der Waals surface area contributed by atoms with Crippen LogP contribution in [0.15, 0.2) is 47.4 Å². The molecule has 1 aliphatic rings. The van der Waals surface area contributed by atoms with Crippen molar-refractivity contribution in [3.8, 4) is 0 Å². The Morgan fingerprint density at radius 2 is 1.61 bits per heavy atom. The van der Waals surface area contributed by atoms with Gasteiger partial charge in [-0.15, -0.1) is 11.8 Å². The first-order valence-electron chi connectivity index (χ1n) is 11.1. The highest BCUT2D eigenvalue weighted by atomic mass is 32.2. The Bertz CT molecular complexity index is 1000. The Labute approximate surface area is 199 Å². The van der Waals surface area contributed by atoms with Gasteiger partial charge < -0.3 is 20.4 Å². The minimum Gasteiger partial charge on any atom is -0.344 e. The summed E-state index contributed by atoms with van der Waals surface area (Å²) in [5, 5.41) is 5.74. The molecule has 1 aliphatic heterocycles. The number of nitrogens with one attached hydrogen (secondary N) is 2. The van der Waals surface area contributed by atoms with Crippen LogP contribution in [0.4, 0.5) is 10.5 Å². The third kappa shape index (κ3) is 6.74. The fraction of sp³-hybridized carbons (Fsp3) is 0.400. The van der Waals surface area contributed by atoms with Crippen LogP contribution >= 0.6 is 11.8 Å². The predicted molar refractivity (Wildman–Crippen MR) is 133 cm³/mol.